The second-order valence-electron chi connectivity index (χ2n) is 7.91. The normalized spacial score (nSPS) is 13.8. The van der Waals surface area contributed by atoms with Crippen molar-refractivity contribution in [3.63, 3.8) is 0 Å². The summed E-state index contributed by atoms with van der Waals surface area (Å²) in [5, 5.41) is 23.4. The number of nitrogens with zero attached hydrogens (tertiary/aromatic N) is 1. The summed E-state index contributed by atoms with van der Waals surface area (Å²) in [6.45, 7) is 4.47. The molecule has 1 aliphatic heterocycles. The lowest BCUT2D eigenvalue weighted by Gasteiger charge is -2.07. The Kier molecular flexibility index (Phi) is 5.55. The Morgan fingerprint density at radius 1 is 0.812 bits per heavy atom. The van der Waals surface area contributed by atoms with Gasteiger partial charge in [0.1, 0.15) is 6.07 Å². The van der Waals surface area contributed by atoms with Crippen LogP contribution in [0, 0.1) is 16.7 Å². The van der Waals surface area contributed by atoms with E-state index in [0.29, 0.717) is 5.57 Å². The summed E-state index contributed by atoms with van der Waals surface area (Å²) < 4.78 is 1.34. The summed E-state index contributed by atoms with van der Waals surface area (Å²) in [6.07, 6.45) is 3.28. The fraction of sp³-hybridized carbons (Fsp3) is 0.143. The van der Waals surface area contributed by atoms with Gasteiger partial charge < -0.3 is 5.41 Å². The molecule has 2 nitrogen and oxygen atoms in total. The molecule has 1 aliphatic rings. The monoisotopic (exact) mass is 450 g/mol. The Bertz CT molecular complexity index is 1540. The molecule has 0 aromatic heterocycles. The van der Waals surface area contributed by atoms with Crippen LogP contribution < -0.4 is 10.4 Å². The standard InChI is InChI=1S/C28H22N2S2/c1-3-17-13-26-27(14-18(17)4-2)32-28(31-26)22-8-7-20-9-23-11-21(25(15-29)16-30)6-5-19(23)10-24(20)12-22/h5-15,29H,3-4H2,1-2H3/b25-21-,29-15?. The third-order valence-corrected chi connectivity index (χ3v) is 8.63. The molecular weight excluding hydrogens is 428 g/mol. The fourth-order valence-corrected chi connectivity index (χ4v) is 6.84. The van der Waals surface area contributed by atoms with Crippen molar-refractivity contribution >= 4 is 61.1 Å². The summed E-state index contributed by atoms with van der Waals surface area (Å²) in [6, 6.07) is 23.9. The van der Waals surface area contributed by atoms with E-state index in [2.05, 4.69) is 62.4 Å². The zero-order valence-corrected chi connectivity index (χ0v) is 19.7. The first kappa shape index (κ1) is 20.9. The molecule has 0 aliphatic carbocycles. The van der Waals surface area contributed by atoms with Gasteiger partial charge in [0.15, 0.2) is 0 Å². The van der Waals surface area contributed by atoms with Crippen LogP contribution >= 0.6 is 23.5 Å². The number of nitrogens with one attached hydrogen (secondary N) is 1. The minimum Gasteiger partial charge on any atom is -0.307 e. The number of rotatable bonds is 3. The van der Waals surface area contributed by atoms with Gasteiger partial charge in [-0.2, -0.15) is 5.26 Å². The van der Waals surface area contributed by atoms with E-state index in [9.17, 15) is 5.26 Å². The minimum atomic E-state index is 0.381. The summed E-state index contributed by atoms with van der Waals surface area (Å²) in [4.78, 5) is 2.75. The van der Waals surface area contributed by atoms with Crippen LogP contribution in [0.4, 0.5) is 0 Å². The van der Waals surface area contributed by atoms with Gasteiger partial charge in [-0.15, -0.1) is 0 Å². The number of hydrogen-bond donors (Lipinski definition) is 1. The first-order chi connectivity index (χ1) is 15.6. The Hall–Kier alpha value is -3.00. The zero-order valence-electron chi connectivity index (χ0n) is 18.0. The molecule has 0 unspecified atom stereocenters. The van der Waals surface area contributed by atoms with Gasteiger partial charge in [-0.05, 0) is 92.3 Å². The lowest BCUT2D eigenvalue weighted by atomic mass is 10.0. The van der Waals surface area contributed by atoms with Crippen molar-refractivity contribution in [3.05, 3.63) is 82.2 Å². The average molecular weight is 451 g/mol. The van der Waals surface area contributed by atoms with E-state index in [1.807, 2.05) is 41.7 Å². The van der Waals surface area contributed by atoms with E-state index in [0.717, 1.165) is 35.0 Å². The highest BCUT2D eigenvalue weighted by Gasteiger charge is 2.20. The van der Waals surface area contributed by atoms with Crippen molar-refractivity contribution in [2.45, 2.75) is 36.5 Å². The number of nitriles is 1. The van der Waals surface area contributed by atoms with Gasteiger partial charge in [0.25, 0.3) is 0 Å². The molecule has 0 atom stereocenters. The fourth-order valence-electron chi connectivity index (χ4n) is 4.27. The molecule has 0 bridgehead atoms. The summed E-state index contributed by atoms with van der Waals surface area (Å²) in [5.41, 5.74) is 3.31. The van der Waals surface area contributed by atoms with Crippen molar-refractivity contribution in [2.75, 3.05) is 0 Å². The second-order valence-corrected chi connectivity index (χ2v) is 10.3. The maximum Gasteiger partial charge on any atom is 0.101 e. The van der Waals surface area contributed by atoms with Crippen LogP contribution in [-0.4, -0.2) is 6.21 Å². The Morgan fingerprint density at radius 2 is 1.41 bits per heavy atom. The minimum absolute atomic E-state index is 0.381. The van der Waals surface area contributed by atoms with E-state index in [-0.39, 0.29) is 0 Å². The lowest BCUT2D eigenvalue weighted by Crippen LogP contribution is -2.05. The van der Waals surface area contributed by atoms with Gasteiger partial charge in [-0.1, -0.05) is 61.6 Å². The van der Waals surface area contributed by atoms with Crippen LogP contribution in [0.1, 0.15) is 25.0 Å². The topological polar surface area (TPSA) is 47.6 Å². The zero-order chi connectivity index (χ0) is 22.2. The van der Waals surface area contributed by atoms with Gasteiger partial charge in [-0.25, -0.2) is 0 Å². The summed E-state index contributed by atoms with van der Waals surface area (Å²) in [5.74, 6) is 0. The molecule has 0 fully saturated rings. The van der Waals surface area contributed by atoms with Crippen molar-refractivity contribution < 1.29 is 0 Å². The Balaban J connectivity index is 1.61. The molecule has 1 heterocycles. The second kappa shape index (κ2) is 8.50. The number of benzene rings is 4. The molecule has 4 aromatic rings. The Labute approximate surface area is 196 Å². The van der Waals surface area contributed by atoms with Crippen LogP contribution in [0.3, 0.4) is 0 Å². The molecular formula is C28H22N2S2. The Morgan fingerprint density at radius 3 is 1.97 bits per heavy atom. The first-order valence-electron chi connectivity index (χ1n) is 10.8. The van der Waals surface area contributed by atoms with Crippen LogP contribution in [0.15, 0.2) is 70.5 Å². The number of thioether (sulfide) groups is 2. The van der Waals surface area contributed by atoms with E-state index < -0.39 is 0 Å². The molecule has 32 heavy (non-hydrogen) atoms. The lowest BCUT2D eigenvalue weighted by molar-refractivity contribution is 1.00. The van der Waals surface area contributed by atoms with Gasteiger partial charge >= 0.3 is 0 Å². The predicted molar refractivity (Wildman–Crippen MR) is 139 cm³/mol. The van der Waals surface area contributed by atoms with E-state index >= 15 is 0 Å². The van der Waals surface area contributed by atoms with Crippen LogP contribution in [0.25, 0.3) is 31.4 Å². The largest absolute Gasteiger partial charge is 0.307 e. The smallest absolute Gasteiger partial charge is 0.101 e. The van der Waals surface area contributed by atoms with E-state index in [1.54, 1.807) is 0 Å². The van der Waals surface area contributed by atoms with Crippen molar-refractivity contribution in [2.24, 2.45) is 0 Å². The molecule has 1 N–H and O–H groups in total. The maximum absolute atomic E-state index is 9.24. The third-order valence-electron chi connectivity index (χ3n) is 6.04. The number of fused-ring (bicyclic) bond motifs is 3. The predicted octanol–water partition coefficient (Wildman–Crippen LogP) is 6.41. The van der Waals surface area contributed by atoms with Gasteiger partial charge in [0.2, 0.25) is 0 Å². The van der Waals surface area contributed by atoms with E-state index in [4.69, 9.17) is 5.41 Å². The highest BCUT2D eigenvalue weighted by Crippen LogP contribution is 2.52. The van der Waals surface area contributed by atoms with E-state index in [1.165, 1.54) is 41.1 Å². The molecule has 0 saturated carbocycles. The summed E-state index contributed by atoms with van der Waals surface area (Å²) in [7, 11) is 0. The number of hydrogen-bond acceptors (Lipinski definition) is 4. The van der Waals surface area contributed by atoms with Crippen molar-refractivity contribution in [3.8, 4) is 6.07 Å². The summed E-state index contributed by atoms with van der Waals surface area (Å²) >= 11 is 3.77. The van der Waals surface area contributed by atoms with Gasteiger partial charge in [0.05, 0.1) is 9.81 Å². The van der Waals surface area contributed by atoms with Crippen LogP contribution in [0.5, 0.6) is 0 Å². The van der Waals surface area contributed by atoms with Crippen LogP contribution in [0.2, 0.25) is 0 Å². The highest BCUT2D eigenvalue weighted by molar-refractivity contribution is 8.32. The first-order valence-corrected chi connectivity index (χ1v) is 12.4. The molecule has 0 amide bonds. The van der Waals surface area contributed by atoms with Crippen molar-refractivity contribution in [1.82, 2.24) is 0 Å². The van der Waals surface area contributed by atoms with Crippen LogP contribution in [-0.2, 0) is 12.8 Å². The third kappa shape index (κ3) is 3.62. The quantitative estimate of drug-likeness (QED) is 0.290. The van der Waals surface area contributed by atoms with Crippen molar-refractivity contribution in [1.29, 1.82) is 10.7 Å². The number of aryl methyl sites for hydroxylation is 2. The molecule has 4 heteroatoms. The molecule has 156 valence electrons. The highest BCUT2D eigenvalue weighted by atomic mass is 32.2. The molecule has 0 radical (unpaired) electrons. The molecule has 5 rings (SSSR count). The molecule has 4 aromatic carbocycles. The maximum atomic E-state index is 9.24. The van der Waals surface area contributed by atoms with Gasteiger partial charge in [-0.3, -0.25) is 0 Å². The SMILES string of the molecule is CCc1cc2c(cc1CC)SC(=c1ccc3cc4c/c(=C(\C#N)C=N)ccc4cc3c1)S2. The molecule has 0 saturated heterocycles. The van der Waals surface area contributed by atoms with Gasteiger partial charge in [0, 0.05) is 16.0 Å². The average Bonchev–Trinajstić information content (AvgIpc) is 3.25. The molecule has 0 spiro atoms.